The SMILES string of the molecule is Cc1ccc(N=C(N)N/N=C2\CCSc3ccc(F)cc32)c(C)c1. The van der Waals surface area contributed by atoms with Crippen LogP contribution in [0.4, 0.5) is 10.1 Å². The Hall–Kier alpha value is -2.34. The van der Waals surface area contributed by atoms with E-state index in [2.05, 4.69) is 21.6 Å². The third-order valence-corrected chi connectivity index (χ3v) is 4.82. The van der Waals surface area contributed by atoms with E-state index in [1.165, 1.54) is 17.7 Å². The molecule has 1 aliphatic rings. The number of hydrogen-bond donors (Lipinski definition) is 2. The molecule has 2 aromatic rings. The highest BCUT2D eigenvalue weighted by Gasteiger charge is 2.17. The number of hydrazone groups is 1. The van der Waals surface area contributed by atoms with Crippen LogP contribution in [0.5, 0.6) is 0 Å². The molecule has 0 aliphatic carbocycles. The van der Waals surface area contributed by atoms with Gasteiger partial charge in [-0.2, -0.15) is 5.10 Å². The molecular formula is C18H19FN4S. The van der Waals surface area contributed by atoms with Crippen LogP contribution in [-0.2, 0) is 0 Å². The van der Waals surface area contributed by atoms with Crippen LogP contribution in [0.25, 0.3) is 0 Å². The van der Waals surface area contributed by atoms with E-state index in [9.17, 15) is 4.39 Å². The number of halogens is 1. The summed E-state index contributed by atoms with van der Waals surface area (Å²) in [5.74, 6) is 0.860. The van der Waals surface area contributed by atoms with Crippen molar-refractivity contribution in [1.29, 1.82) is 0 Å². The minimum Gasteiger partial charge on any atom is -0.368 e. The summed E-state index contributed by atoms with van der Waals surface area (Å²) in [5, 5.41) is 4.34. The van der Waals surface area contributed by atoms with Gasteiger partial charge in [-0.25, -0.2) is 14.8 Å². The van der Waals surface area contributed by atoms with Gasteiger partial charge in [0.1, 0.15) is 5.82 Å². The highest BCUT2D eigenvalue weighted by molar-refractivity contribution is 7.99. The van der Waals surface area contributed by atoms with Gasteiger partial charge in [0.2, 0.25) is 5.96 Å². The van der Waals surface area contributed by atoms with E-state index in [-0.39, 0.29) is 11.8 Å². The molecule has 1 aliphatic heterocycles. The molecule has 124 valence electrons. The quantitative estimate of drug-likeness (QED) is 0.495. The van der Waals surface area contributed by atoms with E-state index >= 15 is 0 Å². The summed E-state index contributed by atoms with van der Waals surface area (Å²) in [7, 11) is 0. The second kappa shape index (κ2) is 7.05. The van der Waals surface area contributed by atoms with Crippen LogP contribution in [0.15, 0.2) is 51.4 Å². The van der Waals surface area contributed by atoms with Gasteiger partial charge >= 0.3 is 0 Å². The molecule has 6 heteroatoms. The van der Waals surface area contributed by atoms with Crippen molar-refractivity contribution in [2.75, 3.05) is 5.75 Å². The number of aliphatic imine (C=N–C) groups is 1. The lowest BCUT2D eigenvalue weighted by atomic mass is 10.1. The third-order valence-electron chi connectivity index (χ3n) is 3.75. The van der Waals surface area contributed by atoms with Gasteiger partial charge in [-0.3, -0.25) is 0 Å². The number of thioether (sulfide) groups is 1. The zero-order chi connectivity index (χ0) is 17.1. The molecule has 0 saturated heterocycles. The normalized spacial score (nSPS) is 16.1. The van der Waals surface area contributed by atoms with Crippen molar-refractivity contribution in [2.45, 2.75) is 25.2 Å². The molecule has 0 saturated carbocycles. The Bertz CT molecular complexity index is 830. The van der Waals surface area contributed by atoms with E-state index < -0.39 is 0 Å². The molecule has 3 N–H and O–H groups in total. The number of fused-ring (bicyclic) bond motifs is 1. The molecule has 4 nitrogen and oxygen atoms in total. The van der Waals surface area contributed by atoms with Crippen molar-refractivity contribution < 1.29 is 4.39 Å². The maximum absolute atomic E-state index is 13.5. The average Bonchev–Trinajstić information content (AvgIpc) is 2.55. The zero-order valence-corrected chi connectivity index (χ0v) is 14.5. The van der Waals surface area contributed by atoms with Gasteiger partial charge in [0.25, 0.3) is 0 Å². The molecule has 0 spiro atoms. The van der Waals surface area contributed by atoms with Crippen LogP contribution < -0.4 is 11.2 Å². The monoisotopic (exact) mass is 342 g/mol. The van der Waals surface area contributed by atoms with Crippen molar-refractivity contribution in [2.24, 2.45) is 15.8 Å². The first kappa shape index (κ1) is 16.5. The number of aryl methyl sites for hydroxylation is 2. The van der Waals surface area contributed by atoms with E-state index in [1.807, 2.05) is 26.0 Å². The Balaban J connectivity index is 1.81. The van der Waals surface area contributed by atoms with Gasteiger partial charge in [0.05, 0.1) is 11.4 Å². The summed E-state index contributed by atoms with van der Waals surface area (Å²) in [6.45, 7) is 4.02. The van der Waals surface area contributed by atoms with Crippen molar-refractivity contribution >= 4 is 29.1 Å². The molecule has 0 atom stereocenters. The fourth-order valence-corrected chi connectivity index (χ4v) is 3.58. The fraction of sp³-hybridized carbons (Fsp3) is 0.222. The molecule has 24 heavy (non-hydrogen) atoms. The van der Waals surface area contributed by atoms with Crippen molar-refractivity contribution in [1.82, 2.24) is 5.43 Å². The molecule has 3 rings (SSSR count). The van der Waals surface area contributed by atoms with E-state index in [0.29, 0.717) is 0 Å². The number of rotatable bonds is 2. The molecule has 0 bridgehead atoms. The lowest BCUT2D eigenvalue weighted by molar-refractivity contribution is 0.626. The Morgan fingerprint density at radius 3 is 2.83 bits per heavy atom. The molecular weight excluding hydrogens is 323 g/mol. The first-order valence-corrected chi connectivity index (χ1v) is 8.68. The summed E-state index contributed by atoms with van der Waals surface area (Å²) in [6.07, 6.45) is 0.755. The van der Waals surface area contributed by atoms with Crippen molar-refractivity contribution in [3.8, 4) is 0 Å². The number of nitrogens with one attached hydrogen (secondary N) is 1. The molecule has 0 radical (unpaired) electrons. The summed E-state index contributed by atoms with van der Waals surface area (Å²) >= 11 is 1.70. The van der Waals surface area contributed by atoms with Gasteiger partial charge in [-0.05, 0) is 43.7 Å². The number of nitrogens with zero attached hydrogens (tertiary/aromatic N) is 2. The second-order valence-corrected chi connectivity index (χ2v) is 6.83. The van der Waals surface area contributed by atoms with Crippen LogP contribution in [0, 0.1) is 19.7 Å². The van der Waals surface area contributed by atoms with Gasteiger partial charge in [-0.15, -0.1) is 11.8 Å². The first-order valence-electron chi connectivity index (χ1n) is 7.69. The lowest BCUT2D eigenvalue weighted by Crippen LogP contribution is -2.28. The Morgan fingerprint density at radius 1 is 1.21 bits per heavy atom. The van der Waals surface area contributed by atoms with Crippen LogP contribution in [-0.4, -0.2) is 17.4 Å². The average molecular weight is 342 g/mol. The molecule has 0 unspecified atom stereocenters. The molecule has 0 fully saturated rings. The maximum atomic E-state index is 13.5. The summed E-state index contributed by atoms with van der Waals surface area (Å²) < 4.78 is 13.5. The van der Waals surface area contributed by atoms with Crippen molar-refractivity contribution in [3.63, 3.8) is 0 Å². The van der Waals surface area contributed by atoms with Crippen LogP contribution >= 0.6 is 11.8 Å². The molecule has 0 aromatic heterocycles. The van der Waals surface area contributed by atoms with Gasteiger partial charge < -0.3 is 5.73 Å². The first-order chi connectivity index (χ1) is 11.5. The smallest absolute Gasteiger partial charge is 0.214 e. The van der Waals surface area contributed by atoms with Gasteiger partial charge in [0.15, 0.2) is 0 Å². The number of hydrogen-bond acceptors (Lipinski definition) is 3. The van der Waals surface area contributed by atoms with E-state index in [0.717, 1.165) is 39.6 Å². The van der Waals surface area contributed by atoms with Crippen LogP contribution in [0.3, 0.4) is 0 Å². The fourth-order valence-electron chi connectivity index (χ4n) is 2.57. The number of benzene rings is 2. The summed E-state index contributed by atoms with van der Waals surface area (Å²) in [5.41, 5.74) is 13.4. The molecule has 0 amide bonds. The Morgan fingerprint density at radius 2 is 2.04 bits per heavy atom. The predicted molar refractivity (Wildman–Crippen MR) is 98.6 cm³/mol. The van der Waals surface area contributed by atoms with Crippen molar-refractivity contribution in [3.05, 3.63) is 58.9 Å². The van der Waals surface area contributed by atoms with Crippen LogP contribution in [0.2, 0.25) is 0 Å². The predicted octanol–water partition coefficient (Wildman–Crippen LogP) is 3.88. The minimum absolute atomic E-state index is 0.214. The lowest BCUT2D eigenvalue weighted by Gasteiger charge is -2.17. The minimum atomic E-state index is -0.263. The summed E-state index contributed by atoms with van der Waals surface area (Å²) in [6, 6.07) is 10.7. The van der Waals surface area contributed by atoms with Gasteiger partial charge in [0, 0.05) is 22.6 Å². The van der Waals surface area contributed by atoms with E-state index in [1.54, 1.807) is 17.8 Å². The highest BCUT2D eigenvalue weighted by atomic mass is 32.2. The highest BCUT2D eigenvalue weighted by Crippen LogP contribution is 2.30. The summed E-state index contributed by atoms with van der Waals surface area (Å²) in [4.78, 5) is 5.39. The van der Waals surface area contributed by atoms with Gasteiger partial charge in [-0.1, -0.05) is 17.7 Å². The Labute approximate surface area is 145 Å². The zero-order valence-electron chi connectivity index (χ0n) is 13.6. The third kappa shape index (κ3) is 3.76. The second-order valence-electron chi connectivity index (χ2n) is 5.70. The topological polar surface area (TPSA) is 62.8 Å². The Kier molecular flexibility index (Phi) is 4.85. The number of guanidine groups is 1. The maximum Gasteiger partial charge on any atom is 0.214 e. The number of nitrogens with two attached hydrogens (primary N) is 1. The largest absolute Gasteiger partial charge is 0.368 e. The molecule has 1 heterocycles. The molecule has 2 aromatic carbocycles. The van der Waals surface area contributed by atoms with Crippen LogP contribution in [0.1, 0.15) is 23.1 Å². The van der Waals surface area contributed by atoms with E-state index in [4.69, 9.17) is 5.73 Å². The standard InChI is InChI=1S/C18H19FN4S/c1-11-3-5-15(12(2)9-11)21-18(20)23-22-16-7-8-24-17-6-4-13(19)10-14(16)17/h3-6,9-10H,7-8H2,1-2H3,(H3,20,21,23)/b22-16+.